The molecule has 0 aliphatic carbocycles. The SMILES string of the molecule is CC(C)S(=O)(=O)Nc1ccc(C(N)=O)cc1-c1ccc(Cl)c(-c2ccccn2)c1. The molecule has 0 spiro atoms. The number of amides is 1. The Kier molecular flexibility index (Phi) is 5.91. The summed E-state index contributed by atoms with van der Waals surface area (Å²) in [5.74, 6) is -0.608. The lowest BCUT2D eigenvalue weighted by Crippen LogP contribution is -2.23. The molecule has 0 saturated carbocycles. The third kappa shape index (κ3) is 4.58. The fourth-order valence-electron chi connectivity index (χ4n) is 2.71. The van der Waals surface area contributed by atoms with Crippen LogP contribution in [-0.4, -0.2) is 24.6 Å². The number of nitrogens with zero attached hydrogens (tertiary/aromatic N) is 1. The first-order chi connectivity index (χ1) is 13.7. The molecule has 150 valence electrons. The van der Waals surface area contributed by atoms with E-state index in [2.05, 4.69) is 9.71 Å². The van der Waals surface area contributed by atoms with Crippen molar-refractivity contribution in [3.63, 3.8) is 0 Å². The number of hydrogen-bond donors (Lipinski definition) is 2. The van der Waals surface area contributed by atoms with Crippen molar-refractivity contribution in [3.05, 3.63) is 71.4 Å². The van der Waals surface area contributed by atoms with Gasteiger partial charge >= 0.3 is 0 Å². The molecule has 0 unspecified atom stereocenters. The van der Waals surface area contributed by atoms with Crippen LogP contribution in [0, 0.1) is 0 Å². The van der Waals surface area contributed by atoms with Gasteiger partial charge in [0, 0.05) is 27.9 Å². The maximum absolute atomic E-state index is 12.4. The third-order valence-corrected chi connectivity index (χ3v) is 6.47. The summed E-state index contributed by atoms with van der Waals surface area (Å²) in [5.41, 5.74) is 8.58. The summed E-state index contributed by atoms with van der Waals surface area (Å²) in [7, 11) is -3.59. The molecular formula is C21H20ClN3O3S. The second-order valence-electron chi connectivity index (χ2n) is 6.73. The van der Waals surface area contributed by atoms with E-state index in [-0.39, 0.29) is 5.56 Å². The Balaban J connectivity index is 2.19. The molecule has 2 aromatic carbocycles. The van der Waals surface area contributed by atoms with Crippen LogP contribution in [0.25, 0.3) is 22.4 Å². The van der Waals surface area contributed by atoms with E-state index in [1.807, 2.05) is 12.1 Å². The first-order valence-electron chi connectivity index (χ1n) is 8.86. The van der Waals surface area contributed by atoms with Gasteiger partial charge in [0.05, 0.1) is 16.6 Å². The van der Waals surface area contributed by atoms with E-state index in [9.17, 15) is 13.2 Å². The molecule has 0 fully saturated rings. The average Bonchev–Trinajstić information content (AvgIpc) is 2.69. The second-order valence-corrected chi connectivity index (χ2v) is 9.37. The average molecular weight is 430 g/mol. The molecule has 0 aliphatic rings. The van der Waals surface area contributed by atoms with Crippen molar-refractivity contribution < 1.29 is 13.2 Å². The van der Waals surface area contributed by atoms with Gasteiger partial charge in [-0.1, -0.05) is 23.7 Å². The predicted molar refractivity (Wildman–Crippen MR) is 116 cm³/mol. The molecule has 0 bridgehead atoms. The molecule has 0 atom stereocenters. The van der Waals surface area contributed by atoms with Crippen LogP contribution in [-0.2, 0) is 10.0 Å². The number of aromatic nitrogens is 1. The summed E-state index contributed by atoms with van der Waals surface area (Å²) in [6.07, 6.45) is 1.66. The van der Waals surface area contributed by atoms with Gasteiger partial charge in [-0.3, -0.25) is 14.5 Å². The summed E-state index contributed by atoms with van der Waals surface area (Å²) in [6, 6.07) is 15.3. The number of primary amides is 1. The van der Waals surface area contributed by atoms with Gasteiger partial charge in [-0.15, -0.1) is 0 Å². The Morgan fingerprint density at radius 3 is 2.45 bits per heavy atom. The molecule has 29 heavy (non-hydrogen) atoms. The zero-order chi connectivity index (χ0) is 21.2. The number of rotatable bonds is 6. The minimum atomic E-state index is -3.59. The molecule has 1 amide bonds. The number of carbonyl (C=O) groups is 1. The monoisotopic (exact) mass is 429 g/mol. The summed E-state index contributed by atoms with van der Waals surface area (Å²) < 4.78 is 27.4. The number of nitrogens with two attached hydrogens (primary N) is 1. The Bertz CT molecular complexity index is 1160. The summed E-state index contributed by atoms with van der Waals surface area (Å²) >= 11 is 6.36. The number of sulfonamides is 1. The molecule has 3 rings (SSSR count). The minimum absolute atomic E-state index is 0.266. The minimum Gasteiger partial charge on any atom is -0.366 e. The number of nitrogens with one attached hydrogen (secondary N) is 1. The quantitative estimate of drug-likeness (QED) is 0.609. The van der Waals surface area contributed by atoms with E-state index in [1.165, 1.54) is 12.1 Å². The highest BCUT2D eigenvalue weighted by Gasteiger charge is 2.19. The first kappa shape index (κ1) is 20.8. The topological polar surface area (TPSA) is 102 Å². The Hall–Kier alpha value is -2.90. The first-order valence-corrected chi connectivity index (χ1v) is 10.8. The van der Waals surface area contributed by atoms with Crippen molar-refractivity contribution in [2.24, 2.45) is 5.73 Å². The molecular weight excluding hydrogens is 410 g/mol. The number of benzene rings is 2. The van der Waals surface area contributed by atoms with Crippen LogP contribution in [0.1, 0.15) is 24.2 Å². The van der Waals surface area contributed by atoms with Gasteiger partial charge in [0.25, 0.3) is 0 Å². The molecule has 1 aromatic heterocycles. The fourth-order valence-corrected chi connectivity index (χ4v) is 3.64. The van der Waals surface area contributed by atoms with Gasteiger partial charge in [-0.05, 0) is 61.9 Å². The predicted octanol–water partition coefficient (Wildman–Crippen LogP) is 4.32. The van der Waals surface area contributed by atoms with Gasteiger partial charge in [-0.2, -0.15) is 0 Å². The Labute approximate surface area is 174 Å². The summed E-state index contributed by atoms with van der Waals surface area (Å²) in [4.78, 5) is 16.0. The van der Waals surface area contributed by atoms with Crippen molar-refractivity contribution in [2.75, 3.05) is 4.72 Å². The van der Waals surface area contributed by atoms with E-state index in [4.69, 9.17) is 17.3 Å². The van der Waals surface area contributed by atoms with Gasteiger partial charge in [0.1, 0.15) is 0 Å². The number of pyridine rings is 1. The lowest BCUT2D eigenvalue weighted by atomic mass is 9.98. The van der Waals surface area contributed by atoms with Crippen molar-refractivity contribution in [2.45, 2.75) is 19.1 Å². The molecule has 0 radical (unpaired) electrons. The highest BCUT2D eigenvalue weighted by Crippen LogP contribution is 2.35. The zero-order valence-corrected chi connectivity index (χ0v) is 17.5. The molecule has 0 aliphatic heterocycles. The number of hydrogen-bond acceptors (Lipinski definition) is 4. The standard InChI is InChI=1S/C21H20ClN3O3S/c1-13(2)29(27,28)25-20-9-7-15(21(23)26)12-16(20)14-6-8-18(22)17(11-14)19-5-3-4-10-24-19/h3-13,25H,1-2H3,(H2,23,26). The lowest BCUT2D eigenvalue weighted by molar-refractivity contribution is 0.100. The van der Waals surface area contributed by atoms with Crippen LogP contribution in [0.15, 0.2) is 60.8 Å². The van der Waals surface area contributed by atoms with E-state index < -0.39 is 21.2 Å². The smallest absolute Gasteiger partial charge is 0.248 e. The van der Waals surface area contributed by atoms with Crippen LogP contribution < -0.4 is 10.5 Å². The number of anilines is 1. The molecule has 1 heterocycles. The largest absolute Gasteiger partial charge is 0.366 e. The Morgan fingerprint density at radius 2 is 1.83 bits per heavy atom. The van der Waals surface area contributed by atoms with Crippen LogP contribution in [0.2, 0.25) is 5.02 Å². The summed E-state index contributed by atoms with van der Waals surface area (Å²) in [5, 5.41) is -0.122. The van der Waals surface area contributed by atoms with Gasteiger partial charge in [0.2, 0.25) is 15.9 Å². The van der Waals surface area contributed by atoms with Crippen molar-refractivity contribution in [1.29, 1.82) is 0 Å². The maximum Gasteiger partial charge on any atom is 0.248 e. The third-order valence-electron chi connectivity index (χ3n) is 4.40. The second kappa shape index (κ2) is 8.23. The molecule has 8 heteroatoms. The lowest BCUT2D eigenvalue weighted by Gasteiger charge is -2.16. The number of carbonyl (C=O) groups excluding carboxylic acids is 1. The molecule has 0 saturated heterocycles. The van der Waals surface area contributed by atoms with E-state index in [0.717, 1.165) is 0 Å². The van der Waals surface area contributed by atoms with Gasteiger partial charge < -0.3 is 5.73 Å². The zero-order valence-electron chi connectivity index (χ0n) is 15.9. The molecule has 6 nitrogen and oxygen atoms in total. The van der Waals surface area contributed by atoms with Crippen molar-refractivity contribution in [1.82, 2.24) is 4.98 Å². The van der Waals surface area contributed by atoms with Crippen LogP contribution in [0.4, 0.5) is 5.69 Å². The van der Waals surface area contributed by atoms with Gasteiger partial charge in [-0.25, -0.2) is 8.42 Å². The maximum atomic E-state index is 12.4. The van der Waals surface area contributed by atoms with Crippen molar-refractivity contribution in [3.8, 4) is 22.4 Å². The van der Waals surface area contributed by atoms with Gasteiger partial charge in [0.15, 0.2) is 0 Å². The molecule has 3 N–H and O–H groups in total. The summed E-state index contributed by atoms with van der Waals surface area (Å²) in [6.45, 7) is 3.17. The van der Waals surface area contributed by atoms with Crippen molar-refractivity contribution >= 4 is 33.2 Å². The van der Waals surface area contributed by atoms with Crippen LogP contribution in [0.5, 0.6) is 0 Å². The van der Waals surface area contributed by atoms with E-state index in [1.54, 1.807) is 50.4 Å². The fraction of sp³-hybridized carbons (Fsp3) is 0.143. The van der Waals surface area contributed by atoms with E-state index >= 15 is 0 Å². The highest BCUT2D eigenvalue weighted by atomic mass is 35.5. The van der Waals surface area contributed by atoms with Crippen LogP contribution >= 0.6 is 11.6 Å². The van der Waals surface area contributed by atoms with Crippen LogP contribution in [0.3, 0.4) is 0 Å². The van der Waals surface area contributed by atoms with E-state index in [0.29, 0.717) is 33.1 Å². The number of halogens is 1. The highest BCUT2D eigenvalue weighted by molar-refractivity contribution is 7.93. The molecule has 3 aromatic rings. The Morgan fingerprint density at radius 1 is 1.07 bits per heavy atom. The normalized spacial score (nSPS) is 11.4.